The molecule has 206 valence electrons. The van der Waals surface area contributed by atoms with Crippen LogP contribution >= 0.6 is 0 Å². The van der Waals surface area contributed by atoms with Gasteiger partial charge in [0.25, 0.3) is 0 Å². The van der Waals surface area contributed by atoms with Crippen LogP contribution in [-0.4, -0.2) is 0 Å². The third-order valence-electron chi connectivity index (χ3n) is 8.98. The zero-order valence-electron chi connectivity index (χ0n) is 23.8. The molecule has 38 heavy (non-hydrogen) atoms. The highest BCUT2D eigenvalue weighted by atomic mass is 19.2. The number of rotatable bonds is 12. The van der Waals surface area contributed by atoms with Crippen molar-refractivity contribution in [2.24, 2.45) is 5.92 Å². The minimum Gasteiger partial charge on any atom is -0.203 e. The highest BCUT2D eigenvalue weighted by Crippen LogP contribution is 2.40. The molecule has 2 aromatic carbocycles. The van der Waals surface area contributed by atoms with Crippen LogP contribution in [0.3, 0.4) is 0 Å². The van der Waals surface area contributed by atoms with Gasteiger partial charge in [-0.1, -0.05) is 101 Å². The molecule has 1 fully saturated rings. The molecule has 1 saturated carbocycles. The van der Waals surface area contributed by atoms with Crippen molar-refractivity contribution in [3.05, 3.63) is 88.5 Å². The maximum absolute atomic E-state index is 15.0. The van der Waals surface area contributed by atoms with Crippen molar-refractivity contribution in [1.29, 1.82) is 0 Å². The minimum absolute atomic E-state index is 0.461. The molecule has 0 amide bonds. The zero-order chi connectivity index (χ0) is 26.7. The standard InChI is InChI=1S/C36H48F2/c1-3-5-7-8-10-12-33-25-26-34(36(38)35(33)37)32-23-21-31(22-24-32)30-19-17-29(18-20-30)28-15-13-27(14-16-28)11-9-6-4-2/h9,11,17-20,23,25-28,31H,3-8,10,12-16,21-22,24H2,1-2H3. The number of benzene rings is 2. The van der Waals surface area contributed by atoms with E-state index in [2.05, 4.69) is 56.3 Å². The van der Waals surface area contributed by atoms with E-state index < -0.39 is 11.6 Å². The summed E-state index contributed by atoms with van der Waals surface area (Å²) in [4.78, 5) is 0. The molecule has 1 atom stereocenters. The fourth-order valence-corrected chi connectivity index (χ4v) is 6.47. The number of halogens is 2. The molecule has 0 aliphatic heterocycles. The van der Waals surface area contributed by atoms with Crippen LogP contribution in [0, 0.1) is 17.6 Å². The van der Waals surface area contributed by atoms with Crippen molar-refractivity contribution < 1.29 is 8.78 Å². The van der Waals surface area contributed by atoms with Crippen LogP contribution in [0.1, 0.15) is 138 Å². The third kappa shape index (κ3) is 7.67. The summed E-state index contributed by atoms with van der Waals surface area (Å²) in [5.74, 6) is 0.631. The largest absolute Gasteiger partial charge is 0.203 e. The van der Waals surface area contributed by atoms with E-state index in [9.17, 15) is 4.39 Å². The lowest BCUT2D eigenvalue weighted by Gasteiger charge is -2.28. The van der Waals surface area contributed by atoms with Crippen LogP contribution in [0.2, 0.25) is 0 Å². The van der Waals surface area contributed by atoms with Crippen LogP contribution in [0.25, 0.3) is 5.57 Å². The van der Waals surface area contributed by atoms with Gasteiger partial charge in [-0.05, 0) is 104 Å². The van der Waals surface area contributed by atoms with E-state index in [0.29, 0.717) is 29.4 Å². The van der Waals surface area contributed by atoms with Crippen molar-refractivity contribution in [3.8, 4) is 0 Å². The topological polar surface area (TPSA) is 0 Å². The van der Waals surface area contributed by atoms with Gasteiger partial charge in [-0.25, -0.2) is 8.78 Å². The van der Waals surface area contributed by atoms with Crippen LogP contribution in [0.5, 0.6) is 0 Å². The van der Waals surface area contributed by atoms with Gasteiger partial charge in [0, 0.05) is 5.56 Å². The van der Waals surface area contributed by atoms with Crippen molar-refractivity contribution in [2.75, 3.05) is 0 Å². The molecule has 2 heteroatoms. The quantitative estimate of drug-likeness (QED) is 0.194. The van der Waals surface area contributed by atoms with E-state index in [4.69, 9.17) is 0 Å². The Labute approximate surface area is 230 Å². The summed E-state index contributed by atoms with van der Waals surface area (Å²) in [7, 11) is 0. The summed E-state index contributed by atoms with van der Waals surface area (Å²) in [6.45, 7) is 4.43. The molecule has 0 bridgehead atoms. The summed E-state index contributed by atoms with van der Waals surface area (Å²) in [6, 6.07) is 13.0. The molecule has 2 aliphatic carbocycles. The van der Waals surface area contributed by atoms with E-state index in [1.807, 2.05) is 12.1 Å². The van der Waals surface area contributed by atoms with E-state index in [0.717, 1.165) is 43.6 Å². The molecule has 0 nitrogen and oxygen atoms in total. The van der Waals surface area contributed by atoms with Crippen molar-refractivity contribution in [1.82, 2.24) is 0 Å². The SMILES string of the molecule is CCCC=CC1CCC(c2ccc(C3CC=C(c4ccc(CCCCCCC)c(F)c4F)CC3)cc2)CC1. The van der Waals surface area contributed by atoms with Gasteiger partial charge in [0.1, 0.15) is 0 Å². The normalized spacial score (nSPS) is 22.1. The average molecular weight is 519 g/mol. The fraction of sp³-hybridized carbons (Fsp3) is 0.556. The molecule has 0 N–H and O–H groups in total. The lowest BCUT2D eigenvalue weighted by Crippen LogP contribution is -2.12. The van der Waals surface area contributed by atoms with Crippen LogP contribution in [0.4, 0.5) is 8.78 Å². The van der Waals surface area contributed by atoms with E-state index >= 15 is 4.39 Å². The van der Waals surface area contributed by atoms with Crippen molar-refractivity contribution in [3.63, 3.8) is 0 Å². The second kappa shape index (κ2) is 14.8. The minimum atomic E-state index is -0.652. The lowest BCUT2D eigenvalue weighted by molar-refractivity contribution is 0.375. The molecule has 2 aliphatic rings. The first-order valence-electron chi connectivity index (χ1n) is 15.5. The Kier molecular flexibility index (Phi) is 11.2. The molecule has 0 radical (unpaired) electrons. The molecule has 1 unspecified atom stereocenters. The van der Waals surface area contributed by atoms with Gasteiger partial charge in [-0.15, -0.1) is 0 Å². The highest BCUT2D eigenvalue weighted by molar-refractivity contribution is 5.67. The van der Waals surface area contributed by atoms with Gasteiger partial charge in [0.05, 0.1) is 0 Å². The fourth-order valence-electron chi connectivity index (χ4n) is 6.47. The van der Waals surface area contributed by atoms with Crippen molar-refractivity contribution >= 4 is 5.57 Å². The van der Waals surface area contributed by atoms with Gasteiger partial charge >= 0.3 is 0 Å². The van der Waals surface area contributed by atoms with Crippen LogP contribution in [-0.2, 0) is 6.42 Å². The van der Waals surface area contributed by atoms with E-state index in [1.54, 1.807) is 0 Å². The third-order valence-corrected chi connectivity index (χ3v) is 8.98. The van der Waals surface area contributed by atoms with Crippen LogP contribution in [0.15, 0.2) is 54.6 Å². The molecule has 0 saturated heterocycles. The zero-order valence-corrected chi connectivity index (χ0v) is 23.8. The van der Waals surface area contributed by atoms with E-state index in [1.165, 1.54) is 68.9 Å². The highest BCUT2D eigenvalue weighted by Gasteiger charge is 2.23. The van der Waals surface area contributed by atoms with Gasteiger partial charge in [0.2, 0.25) is 0 Å². The molecule has 0 spiro atoms. The second-order valence-electron chi connectivity index (χ2n) is 11.8. The number of unbranched alkanes of at least 4 members (excludes halogenated alkanes) is 5. The second-order valence-corrected chi connectivity index (χ2v) is 11.8. The average Bonchev–Trinajstić information content (AvgIpc) is 2.96. The van der Waals surface area contributed by atoms with Crippen LogP contribution < -0.4 is 0 Å². The lowest BCUT2D eigenvalue weighted by atomic mass is 9.77. The first-order valence-corrected chi connectivity index (χ1v) is 15.5. The Morgan fingerprint density at radius 3 is 2.11 bits per heavy atom. The molecule has 0 aromatic heterocycles. The Bertz CT molecular complexity index is 1050. The Hall–Kier alpha value is -2.22. The smallest absolute Gasteiger partial charge is 0.166 e. The summed E-state index contributed by atoms with van der Waals surface area (Å²) >= 11 is 0. The Morgan fingerprint density at radius 1 is 0.737 bits per heavy atom. The van der Waals surface area contributed by atoms with E-state index in [-0.39, 0.29) is 0 Å². The number of aryl methyl sites for hydroxylation is 1. The number of hydrogen-bond acceptors (Lipinski definition) is 0. The molecule has 2 aromatic rings. The van der Waals surface area contributed by atoms with Gasteiger partial charge in [-0.2, -0.15) is 0 Å². The summed E-state index contributed by atoms with van der Waals surface area (Å²) in [5.41, 5.74) is 4.82. The molecule has 0 heterocycles. The van der Waals surface area contributed by atoms with Crippen molar-refractivity contribution in [2.45, 2.75) is 122 Å². The van der Waals surface area contributed by atoms with Gasteiger partial charge in [-0.3, -0.25) is 0 Å². The Morgan fingerprint density at radius 2 is 1.45 bits per heavy atom. The maximum Gasteiger partial charge on any atom is 0.166 e. The number of hydrogen-bond donors (Lipinski definition) is 0. The predicted octanol–water partition coefficient (Wildman–Crippen LogP) is 11.5. The first-order chi connectivity index (χ1) is 18.6. The summed E-state index contributed by atoms with van der Waals surface area (Å²) < 4.78 is 29.8. The monoisotopic (exact) mass is 518 g/mol. The van der Waals surface area contributed by atoms with Gasteiger partial charge < -0.3 is 0 Å². The van der Waals surface area contributed by atoms with Gasteiger partial charge in [0.15, 0.2) is 11.6 Å². The predicted molar refractivity (Wildman–Crippen MR) is 159 cm³/mol. The summed E-state index contributed by atoms with van der Waals surface area (Å²) in [6.07, 6.45) is 23.5. The molecule has 4 rings (SSSR count). The maximum atomic E-state index is 15.0. The molecular weight excluding hydrogens is 470 g/mol. The summed E-state index contributed by atoms with van der Waals surface area (Å²) in [5, 5.41) is 0. The number of allylic oxidation sites excluding steroid dienone is 4. The molecular formula is C36H48F2. The Balaban J connectivity index is 1.30. The first kappa shape index (κ1) is 28.8.